The van der Waals surface area contributed by atoms with E-state index in [4.69, 9.17) is 5.73 Å². The Morgan fingerprint density at radius 2 is 1.53 bits per heavy atom. The molecular formula is C31H32F2N6O4. The van der Waals surface area contributed by atoms with Gasteiger partial charge in [0, 0.05) is 62.2 Å². The molecule has 1 saturated heterocycles. The predicted octanol–water partition coefficient (Wildman–Crippen LogP) is 3.58. The number of hydrogen-bond acceptors (Lipinski definition) is 7. The van der Waals surface area contributed by atoms with Crippen LogP contribution in [0.3, 0.4) is 0 Å². The molecule has 1 aliphatic rings. The number of benzene rings is 3. The van der Waals surface area contributed by atoms with Crippen LogP contribution in [-0.2, 0) is 19.6 Å². The van der Waals surface area contributed by atoms with Gasteiger partial charge in [0.15, 0.2) is 0 Å². The molecule has 0 unspecified atom stereocenters. The molecule has 4 aromatic rings. The SMILES string of the molecule is Cc1c(N2CCN(Cc3cccc([N+](=O)[O-])c3)CC2)c(=O)n(C[C@H](N)c2ccccc2)c(=O)n1Cc1c(F)cccc1F. The Hall–Kier alpha value is -4.68. The lowest BCUT2D eigenvalue weighted by molar-refractivity contribution is -0.384. The average Bonchev–Trinajstić information content (AvgIpc) is 3.00. The van der Waals surface area contributed by atoms with E-state index in [0.717, 1.165) is 27.8 Å². The van der Waals surface area contributed by atoms with Crippen LogP contribution < -0.4 is 21.9 Å². The highest BCUT2D eigenvalue weighted by atomic mass is 19.1. The van der Waals surface area contributed by atoms with Crippen LogP contribution in [0.25, 0.3) is 0 Å². The van der Waals surface area contributed by atoms with Crippen molar-refractivity contribution in [2.45, 2.75) is 32.6 Å². The van der Waals surface area contributed by atoms with E-state index in [-0.39, 0.29) is 23.5 Å². The smallest absolute Gasteiger partial charge is 0.331 e. The maximum atomic E-state index is 14.7. The van der Waals surface area contributed by atoms with Gasteiger partial charge in [0.05, 0.1) is 18.0 Å². The van der Waals surface area contributed by atoms with Gasteiger partial charge in [-0.05, 0) is 30.2 Å². The van der Waals surface area contributed by atoms with Gasteiger partial charge in [-0.2, -0.15) is 0 Å². The van der Waals surface area contributed by atoms with Crippen LogP contribution in [0.1, 0.15) is 28.4 Å². The molecule has 10 nitrogen and oxygen atoms in total. The van der Waals surface area contributed by atoms with E-state index in [1.807, 2.05) is 29.2 Å². The maximum Gasteiger partial charge on any atom is 0.331 e. The molecule has 0 aliphatic carbocycles. The molecule has 0 radical (unpaired) electrons. The number of aromatic nitrogens is 2. The van der Waals surface area contributed by atoms with Crippen LogP contribution in [0.4, 0.5) is 20.2 Å². The lowest BCUT2D eigenvalue weighted by atomic mass is 10.1. The summed E-state index contributed by atoms with van der Waals surface area (Å²) in [6.07, 6.45) is 0. The second kappa shape index (κ2) is 12.7. The molecule has 1 fully saturated rings. The summed E-state index contributed by atoms with van der Waals surface area (Å²) < 4.78 is 31.6. The third-order valence-electron chi connectivity index (χ3n) is 7.86. The fraction of sp³-hybridized carbons (Fsp3) is 0.290. The van der Waals surface area contributed by atoms with Crippen molar-refractivity contribution >= 4 is 11.4 Å². The van der Waals surface area contributed by atoms with Crippen LogP contribution in [0.15, 0.2) is 82.4 Å². The number of hydrogen-bond donors (Lipinski definition) is 1. The number of rotatable bonds is 9. The van der Waals surface area contributed by atoms with Gasteiger partial charge >= 0.3 is 5.69 Å². The summed E-state index contributed by atoms with van der Waals surface area (Å²) in [6.45, 7) is 3.54. The number of anilines is 1. The van der Waals surface area contributed by atoms with E-state index in [2.05, 4.69) is 4.90 Å². The number of halogens is 2. The summed E-state index contributed by atoms with van der Waals surface area (Å²) in [5, 5.41) is 11.2. The van der Waals surface area contributed by atoms with Crippen LogP contribution in [-0.4, -0.2) is 45.1 Å². The van der Waals surface area contributed by atoms with Crippen LogP contribution >= 0.6 is 0 Å². The normalized spacial score (nSPS) is 14.6. The van der Waals surface area contributed by atoms with Gasteiger partial charge in [-0.3, -0.25) is 28.9 Å². The molecule has 5 rings (SSSR count). The van der Waals surface area contributed by atoms with Crippen LogP contribution in [0.2, 0.25) is 0 Å². The quantitative estimate of drug-likeness (QED) is 0.234. The molecule has 3 aromatic carbocycles. The van der Waals surface area contributed by atoms with Crippen molar-refractivity contribution in [3.63, 3.8) is 0 Å². The van der Waals surface area contributed by atoms with Gasteiger partial charge in [-0.15, -0.1) is 0 Å². The average molecular weight is 591 g/mol. The fourth-order valence-electron chi connectivity index (χ4n) is 5.50. The van der Waals surface area contributed by atoms with Gasteiger partial charge in [-0.25, -0.2) is 13.6 Å². The van der Waals surface area contributed by atoms with Gasteiger partial charge in [-0.1, -0.05) is 48.5 Å². The fourth-order valence-corrected chi connectivity index (χ4v) is 5.50. The van der Waals surface area contributed by atoms with Crippen molar-refractivity contribution < 1.29 is 13.7 Å². The molecular weight excluding hydrogens is 558 g/mol. The standard InChI is InChI=1S/C31H32F2N6O4/c1-21-29(36-15-13-35(14-16-36)18-22-7-5-10-24(17-22)39(42)43)30(40)38(20-28(34)23-8-3-2-4-9-23)31(41)37(21)19-25-26(32)11-6-12-27(25)33/h2-12,17,28H,13-16,18-20,34H2,1H3/t28-/m0/s1. The van der Waals surface area contributed by atoms with Gasteiger partial charge in [0.2, 0.25) is 0 Å². The highest BCUT2D eigenvalue weighted by molar-refractivity contribution is 5.50. The monoisotopic (exact) mass is 590 g/mol. The first-order chi connectivity index (χ1) is 20.6. The number of nitrogens with zero attached hydrogens (tertiary/aromatic N) is 5. The molecule has 12 heteroatoms. The first-order valence-electron chi connectivity index (χ1n) is 13.9. The largest absolute Gasteiger partial charge is 0.363 e. The third-order valence-corrected chi connectivity index (χ3v) is 7.86. The number of non-ortho nitro benzene ring substituents is 1. The van der Waals surface area contributed by atoms with Crippen molar-refractivity contribution in [2.75, 3.05) is 31.1 Å². The van der Waals surface area contributed by atoms with Gasteiger partial charge < -0.3 is 10.6 Å². The number of nitrogens with two attached hydrogens (primary N) is 1. The minimum atomic E-state index is -0.790. The molecule has 0 bridgehead atoms. The van der Waals surface area contributed by atoms with Crippen LogP contribution in [0, 0.1) is 28.7 Å². The number of nitro groups is 1. The minimum absolute atomic E-state index is 0.0227. The third kappa shape index (κ3) is 6.40. The van der Waals surface area contributed by atoms with Gasteiger partial charge in [0.25, 0.3) is 11.2 Å². The zero-order valence-corrected chi connectivity index (χ0v) is 23.7. The van der Waals surface area contributed by atoms with Crippen molar-refractivity contribution in [3.8, 4) is 0 Å². The van der Waals surface area contributed by atoms with E-state index in [9.17, 15) is 28.5 Å². The van der Waals surface area contributed by atoms with E-state index < -0.39 is 40.4 Å². The molecule has 43 heavy (non-hydrogen) atoms. The first-order valence-corrected chi connectivity index (χ1v) is 13.9. The van der Waals surface area contributed by atoms with Crippen molar-refractivity contribution in [2.24, 2.45) is 5.73 Å². The summed E-state index contributed by atoms with van der Waals surface area (Å²) >= 11 is 0. The van der Waals surface area contributed by atoms with E-state index in [0.29, 0.717) is 38.4 Å². The Labute approximate surface area is 246 Å². The van der Waals surface area contributed by atoms with Crippen molar-refractivity contribution in [1.29, 1.82) is 0 Å². The highest BCUT2D eigenvalue weighted by Gasteiger charge is 2.27. The second-order valence-electron chi connectivity index (χ2n) is 10.6. The van der Waals surface area contributed by atoms with Crippen molar-refractivity contribution in [3.05, 3.63) is 138 Å². The van der Waals surface area contributed by atoms with E-state index in [1.54, 1.807) is 31.2 Å². The Morgan fingerprint density at radius 3 is 2.19 bits per heavy atom. The molecule has 2 heterocycles. The minimum Gasteiger partial charge on any atom is -0.363 e. The first kappa shape index (κ1) is 29.8. The number of nitro benzene ring substituents is 1. The molecule has 1 aliphatic heterocycles. The molecule has 1 aromatic heterocycles. The van der Waals surface area contributed by atoms with Crippen LogP contribution in [0.5, 0.6) is 0 Å². The Morgan fingerprint density at radius 1 is 0.884 bits per heavy atom. The van der Waals surface area contributed by atoms with E-state index in [1.165, 1.54) is 16.7 Å². The second-order valence-corrected chi connectivity index (χ2v) is 10.6. The molecule has 0 amide bonds. The molecule has 1 atom stereocenters. The summed E-state index contributed by atoms with van der Waals surface area (Å²) in [6, 6.07) is 18.4. The summed E-state index contributed by atoms with van der Waals surface area (Å²) in [4.78, 5) is 42.4. The topological polar surface area (TPSA) is 120 Å². The summed E-state index contributed by atoms with van der Waals surface area (Å²) in [5.74, 6) is -1.58. The molecule has 0 spiro atoms. The Bertz CT molecular complexity index is 1730. The zero-order chi connectivity index (χ0) is 30.7. The molecule has 224 valence electrons. The Kier molecular flexibility index (Phi) is 8.78. The Balaban J connectivity index is 1.48. The van der Waals surface area contributed by atoms with Gasteiger partial charge in [0.1, 0.15) is 17.3 Å². The van der Waals surface area contributed by atoms with E-state index >= 15 is 0 Å². The lowest BCUT2D eigenvalue weighted by Gasteiger charge is -2.37. The zero-order valence-electron chi connectivity index (χ0n) is 23.7. The lowest BCUT2D eigenvalue weighted by Crippen LogP contribution is -2.51. The van der Waals surface area contributed by atoms with Crippen molar-refractivity contribution in [1.82, 2.24) is 14.0 Å². The number of piperazine rings is 1. The summed E-state index contributed by atoms with van der Waals surface area (Å²) in [7, 11) is 0. The molecule has 2 N–H and O–H groups in total. The predicted molar refractivity (Wildman–Crippen MR) is 159 cm³/mol. The summed E-state index contributed by atoms with van der Waals surface area (Å²) in [5.41, 5.74) is 7.04. The molecule has 0 saturated carbocycles. The maximum absolute atomic E-state index is 14.7. The highest BCUT2D eigenvalue weighted by Crippen LogP contribution is 2.22.